The van der Waals surface area contributed by atoms with Gasteiger partial charge in [-0.3, -0.25) is 19.6 Å². The van der Waals surface area contributed by atoms with E-state index >= 15 is 0 Å². The molecule has 0 spiro atoms. The molecule has 0 radical (unpaired) electrons. The van der Waals surface area contributed by atoms with E-state index in [-0.39, 0.29) is 17.4 Å². The smallest absolute Gasteiger partial charge is 0.272 e. The largest absolute Gasteiger partial charge is 0.329 e. The Labute approximate surface area is 164 Å². The molecule has 4 heterocycles. The number of likely N-dealkylation sites (tertiary alicyclic amines) is 1. The lowest BCUT2D eigenvalue weighted by molar-refractivity contribution is 0.0722. The highest BCUT2D eigenvalue weighted by molar-refractivity contribution is 5.93. The summed E-state index contributed by atoms with van der Waals surface area (Å²) in [6, 6.07) is 5.83. The zero-order valence-electron chi connectivity index (χ0n) is 16.8. The van der Waals surface area contributed by atoms with Crippen LogP contribution in [0.15, 0.2) is 36.8 Å². The monoisotopic (exact) mass is 378 g/mol. The van der Waals surface area contributed by atoms with E-state index in [1.54, 1.807) is 17.1 Å². The van der Waals surface area contributed by atoms with Crippen LogP contribution in [0.3, 0.4) is 0 Å². The third kappa shape index (κ3) is 3.21. The summed E-state index contributed by atoms with van der Waals surface area (Å²) in [5, 5.41) is 12.0. The number of nitrogens with zero attached hydrogens (tertiary/aromatic N) is 5. The summed E-state index contributed by atoms with van der Waals surface area (Å²) in [5.74, 6) is 0.0169. The SMILES string of the molecule is Cn1nc(C(C)(C)C)cc1C(=O)N1CCCC1c1[nH]ncc1-c1ccncc1. The van der Waals surface area contributed by atoms with Crippen LogP contribution in [0.25, 0.3) is 11.1 Å². The van der Waals surface area contributed by atoms with Crippen molar-refractivity contribution in [1.29, 1.82) is 0 Å². The zero-order chi connectivity index (χ0) is 19.9. The molecule has 1 aliphatic rings. The van der Waals surface area contributed by atoms with Crippen LogP contribution in [-0.4, -0.2) is 42.3 Å². The molecular formula is C21H26N6O. The molecule has 3 aromatic heterocycles. The molecule has 1 aliphatic heterocycles. The molecule has 1 saturated heterocycles. The molecule has 3 aromatic rings. The molecule has 1 N–H and O–H groups in total. The van der Waals surface area contributed by atoms with Gasteiger partial charge in [-0.05, 0) is 36.6 Å². The number of rotatable bonds is 3. The van der Waals surface area contributed by atoms with Gasteiger partial charge in [0.05, 0.1) is 23.6 Å². The van der Waals surface area contributed by atoms with Crippen molar-refractivity contribution in [3.63, 3.8) is 0 Å². The molecule has 1 amide bonds. The molecule has 0 aliphatic carbocycles. The molecule has 1 atom stereocenters. The number of hydrogen-bond donors (Lipinski definition) is 1. The maximum Gasteiger partial charge on any atom is 0.272 e. The number of carbonyl (C=O) groups excluding carboxylic acids is 1. The molecule has 146 valence electrons. The van der Waals surface area contributed by atoms with Crippen LogP contribution in [-0.2, 0) is 12.5 Å². The minimum atomic E-state index is -0.0986. The maximum atomic E-state index is 13.4. The highest BCUT2D eigenvalue weighted by Gasteiger charge is 2.35. The van der Waals surface area contributed by atoms with Crippen molar-refractivity contribution < 1.29 is 4.79 Å². The Hall–Kier alpha value is -2.96. The minimum Gasteiger partial charge on any atom is -0.329 e. The molecule has 1 fully saturated rings. The van der Waals surface area contributed by atoms with E-state index in [0.29, 0.717) is 5.69 Å². The second-order valence-electron chi connectivity index (χ2n) is 8.38. The average Bonchev–Trinajstić information content (AvgIpc) is 3.39. The summed E-state index contributed by atoms with van der Waals surface area (Å²) in [6.07, 6.45) is 7.25. The quantitative estimate of drug-likeness (QED) is 0.757. The molecule has 1 unspecified atom stereocenters. The second-order valence-corrected chi connectivity index (χ2v) is 8.38. The lowest BCUT2D eigenvalue weighted by atomic mass is 9.92. The van der Waals surface area contributed by atoms with Crippen LogP contribution in [0, 0.1) is 0 Å². The van der Waals surface area contributed by atoms with Crippen molar-refractivity contribution in [2.45, 2.75) is 45.1 Å². The summed E-state index contributed by atoms with van der Waals surface area (Å²) < 4.78 is 1.70. The van der Waals surface area contributed by atoms with Crippen molar-refractivity contribution in [2.75, 3.05) is 6.54 Å². The van der Waals surface area contributed by atoms with Crippen molar-refractivity contribution in [3.05, 3.63) is 53.9 Å². The molecule has 7 heteroatoms. The number of amides is 1. The fourth-order valence-electron chi connectivity index (χ4n) is 3.80. The number of H-pyrrole nitrogens is 1. The normalized spacial score (nSPS) is 17.3. The van der Waals surface area contributed by atoms with Crippen LogP contribution in [0.4, 0.5) is 0 Å². The summed E-state index contributed by atoms with van der Waals surface area (Å²) in [4.78, 5) is 19.4. The number of carbonyl (C=O) groups is 1. The van der Waals surface area contributed by atoms with Crippen LogP contribution in [0.5, 0.6) is 0 Å². The standard InChI is InChI=1S/C21H26N6O/c1-21(2,3)18-12-17(26(4)25-18)20(28)27-11-5-6-16(27)19-15(13-23-24-19)14-7-9-22-10-8-14/h7-10,12-13,16H,5-6,11H2,1-4H3,(H,23,24). The van der Waals surface area contributed by atoms with Gasteiger partial charge in [-0.2, -0.15) is 10.2 Å². The van der Waals surface area contributed by atoms with E-state index < -0.39 is 0 Å². The number of pyridine rings is 1. The Balaban J connectivity index is 1.66. The van der Waals surface area contributed by atoms with E-state index in [1.165, 1.54) is 0 Å². The first-order valence-electron chi connectivity index (χ1n) is 9.65. The first kappa shape index (κ1) is 18.4. The third-order valence-electron chi connectivity index (χ3n) is 5.37. The Morgan fingerprint density at radius 1 is 1.25 bits per heavy atom. The fourth-order valence-corrected chi connectivity index (χ4v) is 3.80. The maximum absolute atomic E-state index is 13.4. The van der Waals surface area contributed by atoms with Crippen LogP contribution < -0.4 is 0 Å². The van der Waals surface area contributed by atoms with Crippen molar-refractivity contribution >= 4 is 5.91 Å². The fraction of sp³-hybridized carbons (Fsp3) is 0.429. The average molecular weight is 378 g/mol. The number of nitrogens with one attached hydrogen (secondary N) is 1. The van der Waals surface area contributed by atoms with Crippen LogP contribution in [0.1, 0.15) is 61.5 Å². The third-order valence-corrected chi connectivity index (χ3v) is 5.37. The highest BCUT2D eigenvalue weighted by Crippen LogP contribution is 2.37. The topological polar surface area (TPSA) is 79.7 Å². The van der Waals surface area contributed by atoms with Gasteiger partial charge in [-0.1, -0.05) is 20.8 Å². The van der Waals surface area contributed by atoms with Gasteiger partial charge in [-0.15, -0.1) is 0 Å². The van der Waals surface area contributed by atoms with E-state index in [0.717, 1.165) is 41.9 Å². The lowest BCUT2D eigenvalue weighted by Crippen LogP contribution is -2.32. The van der Waals surface area contributed by atoms with E-state index in [2.05, 4.69) is 41.1 Å². The summed E-state index contributed by atoms with van der Waals surface area (Å²) >= 11 is 0. The molecule has 28 heavy (non-hydrogen) atoms. The van der Waals surface area contributed by atoms with Gasteiger partial charge in [0, 0.05) is 37.0 Å². The van der Waals surface area contributed by atoms with E-state index in [4.69, 9.17) is 0 Å². The number of aryl methyl sites for hydroxylation is 1. The van der Waals surface area contributed by atoms with Gasteiger partial charge in [0.25, 0.3) is 5.91 Å². The lowest BCUT2D eigenvalue weighted by Gasteiger charge is -2.24. The first-order chi connectivity index (χ1) is 13.4. The van der Waals surface area contributed by atoms with Gasteiger partial charge in [-0.25, -0.2) is 0 Å². The van der Waals surface area contributed by atoms with Gasteiger partial charge >= 0.3 is 0 Å². The number of aromatic amines is 1. The predicted octanol–water partition coefficient (Wildman–Crippen LogP) is 3.48. The van der Waals surface area contributed by atoms with E-state index in [1.807, 2.05) is 36.3 Å². The molecule has 4 rings (SSSR count). The Kier molecular flexibility index (Phi) is 4.53. The second kappa shape index (κ2) is 6.89. The molecule has 7 nitrogen and oxygen atoms in total. The van der Waals surface area contributed by atoms with Gasteiger partial charge < -0.3 is 4.90 Å². The number of hydrogen-bond acceptors (Lipinski definition) is 4. The Morgan fingerprint density at radius 2 is 2.00 bits per heavy atom. The van der Waals surface area contributed by atoms with Crippen molar-refractivity contribution in [2.24, 2.45) is 7.05 Å². The van der Waals surface area contributed by atoms with Crippen LogP contribution in [0.2, 0.25) is 0 Å². The minimum absolute atomic E-state index is 0.0169. The zero-order valence-corrected chi connectivity index (χ0v) is 16.8. The molecular weight excluding hydrogens is 352 g/mol. The van der Waals surface area contributed by atoms with E-state index in [9.17, 15) is 4.79 Å². The Bertz CT molecular complexity index is 982. The predicted molar refractivity (Wildman–Crippen MR) is 107 cm³/mol. The first-order valence-corrected chi connectivity index (χ1v) is 9.65. The highest BCUT2D eigenvalue weighted by atomic mass is 16.2. The molecule has 0 saturated carbocycles. The van der Waals surface area contributed by atoms with Gasteiger partial charge in [0.1, 0.15) is 5.69 Å². The molecule has 0 bridgehead atoms. The summed E-state index contributed by atoms with van der Waals surface area (Å²) in [6.45, 7) is 7.05. The van der Waals surface area contributed by atoms with Crippen molar-refractivity contribution in [1.82, 2.24) is 29.9 Å². The number of aromatic nitrogens is 5. The Morgan fingerprint density at radius 3 is 2.68 bits per heavy atom. The summed E-state index contributed by atoms with van der Waals surface area (Å²) in [5.41, 5.74) is 4.50. The van der Waals surface area contributed by atoms with Crippen LogP contribution >= 0.6 is 0 Å². The van der Waals surface area contributed by atoms with Gasteiger partial charge in [0.15, 0.2) is 0 Å². The summed E-state index contributed by atoms with van der Waals surface area (Å²) in [7, 11) is 1.84. The van der Waals surface area contributed by atoms with Crippen molar-refractivity contribution in [3.8, 4) is 11.1 Å². The van der Waals surface area contributed by atoms with Gasteiger partial charge in [0.2, 0.25) is 0 Å². The molecule has 0 aromatic carbocycles.